The number of hydrogen-bond donors (Lipinski definition) is 3. The smallest absolute Gasteiger partial charge is 0.510 e. The van der Waals surface area contributed by atoms with Crippen LogP contribution < -0.4 is 9.97 Å². The monoisotopic (exact) mass is 310 g/mol. The van der Waals surface area contributed by atoms with Gasteiger partial charge in [0.25, 0.3) is 0 Å². The zero-order valence-corrected chi connectivity index (χ0v) is 12.6. The SMILES string of the molecule is CC(C)(C)OC(=O)Nc1nc2c(OB(O)O)cccc2s1. The Hall–Kier alpha value is -1.84. The molecule has 0 aliphatic heterocycles. The number of aromatic nitrogens is 1. The van der Waals surface area contributed by atoms with Crippen molar-refractivity contribution in [3.8, 4) is 5.75 Å². The van der Waals surface area contributed by atoms with Crippen LogP contribution in [0.2, 0.25) is 0 Å². The van der Waals surface area contributed by atoms with Crippen LogP contribution in [0.15, 0.2) is 18.2 Å². The van der Waals surface area contributed by atoms with E-state index in [1.807, 2.05) is 0 Å². The number of thiazole rings is 1. The van der Waals surface area contributed by atoms with Crippen LogP contribution in [0.4, 0.5) is 9.93 Å². The first-order chi connectivity index (χ1) is 9.74. The molecule has 9 heteroatoms. The van der Waals surface area contributed by atoms with Gasteiger partial charge in [-0.15, -0.1) is 0 Å². The lowest BCUT2D eigenvalue weighted by atomic mass is 10.2. The zero-order chi connectivity index (χ0) is 15.6. The maximum absolute atomic E-state index is 11.7. The second kappa shape index (κ2) is 5.88. The molecule has 0 aliphatic carbocycles. The highest BCUT2D eigenvalue weighted by Gasteiger charge is 2.19. The molecule has 1 amide bonds. The number of hydrogen-bond acceptors (Lipinski definition) is 7. The van der Waals surface area contributed by atoms with Crippen molar-refractivity contribution in [2.75, 3.05) is 5.32 Å². The summed E-state index contributed by atoms with van der Waals surface area (Å²) < 4.78 is 10.7. The van der Waals surface area contributed by atoms with Gasteiger partial charge in [0.1, 0.15) is 16.9 Å². The molecule has 0 saturated carbocycles. The number of fused-ring (bicyclic) bond motifs is 1. The molecular weight excluding hydrogens is 295 g/mol. The summed E-state index contributed by atoms with van der Waals surface area (Å²) in [5, 5.41) is 20.6. The highest BCUT2D eigenvalue weighted by Crippen LogP contribution is 2.32. The molecule has 0 radical (unpaired) electrons. The molecule has 0 fully saturated rings. The lowest BCUT2D eigenvalue weighted by Gasteiger charge is -2.18. The number of rotatable bonds is 3. The lowest BCUT2D eigenvalue weighted by Crippen LogP contribution is -2.27. The van der Waals surface area contributed by atoms with E-state index in [1.54, 1.807) is 39.0 Å². The van der Waals surface area contributed by atoms with Gasteiger partial charge in [0.15, 0.2) is 5.13 Å². The van der Waals surface area contributed by atoms with E-state index in [2.05, 4.69) is 10.3 Å². The van der Waals surface area contributed by atoms with Gasteiger partial charge in [0.05, 0.1) is 4.70 Å². The van der Waals surface area contributed by atoms with Crippen molar-refractivity contribution in [3.05, 3.63) is 18.2 Å². The van der Waals surface area contributed by atoms with Gasteiger partial charge in [-0.1, -0.05) is 17.4 Å². The fourth-order valence-corrected chi connectivity index (χ4v) is 2.45. The number of para-hydroxylation sites is 1. The van der Waals surface area contributed by atoms with E-state index in [4.69, 9.17) is 19.4 Å². The van der Waals surface area contributed by atoms with Crippen molar-refractivity contribution < 1.29 is 24.2 Å². The average Bonchev–Trinajstić information content (AvgIpc) is 2.68. The number of carbonyl (C=O) groups excluding carboxylic acids is 1. The molecule has 0 aliphatic rings. The number of amides is 1. The Morgan fingerprint density at radius 3 is 2.71 bits per heavy atom. The molecule has 0 saturated heterocycles. The van der Waals surface area contributed by atoms with Crippen LogP contribution >= 0.6 is 11.3 Å². The quantitative estimate of drug-likeness (QED) is 0.750. The molecule has 1 aromatic heterocycles. The first kappa shape index (κ1) is 15.6. The summed E-state index contributed by atoms with van der Waals surface area (Å²) >= 11 is 1.23. The second-order valence-electron chi connectivity index (χ2n) is 5.19. The summed E-state index contributed by atoms with van der Waals surface area (Å²) in [7, 11) is -1.93. The predicted molar refractivity (Wildman–Crippen MR) is 80.3 cm³/mol. The van der Waals surface area contributed by atoms with Crippen LogP contribution in [0.25, 0.3) is 10.2 Å². The standard InChI is InChI=1S/C12H15BN2O5S/c1-12(2,3)19-11(16)15-10-14-9-7(20-13(17)18)5-4-6-8(9)21-10/h4-6,17-18H,1-3H3,(H,14,15,16). The van der Waals surface area contributed by atoms with Crippen molar-refractivity contribution in [3.63, 3.8) is 0 Å². The summed E-state index contributed by atoms with van der Waals surface area (Å²) in [5.74, 6) is 0.219. The molecule has 112 valence electrons. The minimum absolute atomic E-state index is 0.219. The van der Waals surface area contributed by atoms with E-state index in [0.29, 0.717) is 10.6 Å². The highest BCUT2D eigenvalue weighted by atomic mass is 32.1. The second-order valence-corrected chi connectivity index (χ2v) is 6.22. The van der Waals surface area contributed by atoms with Crippen LogP contribution in [0.3, 0.4) is 0 Å². The Morgan fingerprint density at radius 2 is 2.10 bits per heavy atom. The van der Waals surface area contributed by atoms with Gasteiger partial charge in [-0.2, -0.15) is 0 Å². The maximum atomic E-state index is 11.7. The Bertz CT molecular complexity index is 653. The van der Waals surface area contributed by atoms with Gasteiger partial charge in [-0.05, 0) is 32.9 Å². The Balaban J connectivity index is 2.21. The Labute approximate surface area is 125 Å². The van der Waals surface area contributed by atoms with Gasteiger partial charge < -0.3 is 19.4 Å². The van der Waals surface area contributed by atoms with Crippen molar-refractivity contribution >= 4 is 40.1 Å². The third-order valence-corrected chi connectivity index (χ3v) is 3.16. The van der Waals surface area contributed by atoms with E-state index < -0.39 is 19.0 Å². The molecule has 0 spiro atoms. The van der Waals surface area contributed by atoms with Crippen molar-refractivity contribution in [2.24, 2.45) is 0 Å². The molecule has 0 unspecified atom stereocenters. The number of carbonyl (C=O) groups is 1. The van der Waals surface area contributed by atoms with Crippen molar-refractivity contribution in [1.82, 2.24) is 4.98 Å². The molecule has 21 heavy (non-hydrogen) atoms. The van der Waals surface area contributed by atoms with Crippen LogP contribution in [0.5, 0.6) is 5.75 Å². The molecule has 1 aromatic carbocycles. The maximum Gasteiger partial charge on any atom is 0.707 e. The van der Waals surface area contributed by atoms with Gasteiger partial charge in [0.2, 0.25) is 0 Å². The number of benzene rings is 1. The predicted octanol–water partition coefficient (Wildman–Crippen LogP) is 1.99. The fourth-order valence-electron chi connectivity index (χ4n) is 1.58. The van der Waals surface area contributed by atoms with E-state index in [9.17, 15) is 4.79 Å². The molecule has 2 rings (SSSR count). The van der Waals surface area contributed by atoms with E-state index >= 15 is 0 Å². The van der Waals surface area contributed by atoms with Crippen LogP contribution in [-0.4, -0.2) is 34.0 Å². The third-order valence-electron chi connectivity index (χ3n) is 2.22. The minimum atomic E-state index is -1.93. The van der Waals surface area contributed by atoms with E-state index in [-0.39, 0.29) is 5.75 Å². The van der Waals surface area contributed by atoms with Crippen LogP contribution in [0, 0.1) is 0 Å². The number of nitrogens with one attached hydrogen (secondary N) is 1. The minimum Gasteiger partial charge on any atom is -0.510 e. The summed E-state index contributed by atoms with van der Waals surface area (Å²) in [4.78, 5) is 15.9. The molecule has 3 N–H and O–H groups in total. The zero-order valence-electron chi connectivity index (χ0n) is 11.8. The summed E-state index contributed by atoms with van der Waals surface area (Å²) in [6.45, 7) is 5.29. The molecule has 7 nitrogen and oxygen atoms in total. The summed E-state index contributed by atoms with van der Waals surface area (Å²) in [6, 6.07) is 5.03. The van der Waals surface area contributed by atoms with Gasteiger partial charge in [-0.3, -0.25) is 5.32 Å². The number of nitrogens with zero attached hydrogens (tertiary/aromatic N) is 1. The molecule has 2 aromatic rings. The normalized spacial score (nSPS) is 11.3. The van der Waals surface area contributed by atoms with Gasteiger partial charge in [0, 0.05) is 0 Å². The number of anilines is 1. The highest BCUT2D eigenvalue weighted by molar-refractivity contribution is 7.22. The van der Waals surface area contributed by atoms with E-state index in [0.717, 1.165) is 4.70 Å². The first-order valence-electron chi connectivity index (χ1n) is 6.17. The molecule has 1 heterocycles. The summed E-state index contributed by atoms with van der Waals surface area (Å²) in [5.41, 5.74) is -0.169. The van der Waals surface area contributed by atoms with E-state index in [1.165, 1.54) is 11.3 Å². The van der Waals surface area contributed by atoms with Gasteiger partial charge in [-0.25, -0.2) is 9.78 Å². The topological polar surface area (TPSA) is 101 Å². The Kier molecular flexibility index (Phi) is 4.36. The van der Waals surface area contributed by atoms with Crippen LogP contribution in [-0.2, 0) is 4.74 Å². The van der Waals surface area contributed by atoms with Gasteiger partial charge >= 0.3 is 13.4 Å². The molecular formula is C12H15BN2O5S. The Morgan fingerprint density at radius 1 is 1.38 bits per heavy atom. The van der Waals surface area contributed by atoms with Crippen molar-refractivity contribution in [2.45, 2.75) is 26.4 Å². The largest absolute Gasteiger partial charge is 0.707 e. The van der Waals surface area contributed by atoms with Crippen LogP contribution in [0.1, 0.15) is 20.8 Å². The summed E-state index contributed by atoms with van der Waals surface area (Å²) in [6.07, 6.45) is -0.605. The first-order valence-corrected chi connectivity index (χ1v) is 6.98. The molecule has 0 bridgehead atoms. The molecule has 0 atom stereocenters. The fraction of sp³-hybridized carbons (Fsp3) is 0.333. The average molecular weight is 310 g/mol. The third kappa shape index (κ3) is 4.32. The van der Waals surface area contributed by atoms with Crippen molar-refractivity contribution in [1.29, 1.82) is 0 Å². The lowest BCUT2D eigenvalue weighted by molar-refractivity contribution is 0.0636. The number of ether oxygens (including phenoxy) is 1.